The predicted octanol–water partition coefficient (Wildman–Crippen LogP) is 5.40. The summed E-state index contributed by atoms with van der Waals surface area (Å²) in [4.78, 5) is 14.2. The third-order valence-corrected chi connectivity index (χ3v) is 5.12. The van der Waals surface area contributed by atoms with E-state index in [2.05, 4.69) is 39.1 Å². The van der Waals surface area contributed by atoms with Crippen molar-refractivity contribution in [1.82, 2.24) is 9.55 Å². The van der Waals surface area contributed by atoms with Crippen molar-refractivity contribution in [2.75, 3.05) is 5.43 Å². The smallest absolute Gasteiger partial charge is 0.287 e. The van der Waals surface area contributed by atoms with Crippen LogP contribution in [0, 0.1) is 17.0 Å². The summed E-state index contributed by atoms with van der Waals surface area (Å²) in [5.41, 5.74) is 7.10. The molecule has 0 aliphatic rings. The molecule has 0 radical (unpaired) electrons. The summed E-state index contributed by atoms with van der Waals surface area (Å²) in [7, 11) is 0. The zero-order valence-corrected chi connectivity index (χ0v) is 16.9. The molecule has 0 amide bonds. The molecular weight excluding hydrogens is 402 g/mol. The zero-order valence-electron chi connectivity index (χ0n) is 16.1. The van der Waals surface area contributed by atoms with Crippen LogP contribution in [0.4, 0.5) is 11.5 Å². The average molecular weight is 420 g/mol. The fraction of sp³-hybridized carbons (Fsp3) is 0.0909. The predicted molar refractivity (Wildman–Crippen MR) is 119 cm³/mol. The highest BCUT2D eigenvalue weighted by atomic mass is 35.5. The molecule has 0 aliphatic carbocycles. The quantitative estimate of drug-likeness (QED) is 0.257. The van der Waals surface area contributed by atoms with Gasteiger partial charge in [0.05, 0.1) is 11.1 Å². The monoisotopic (exact) mass is 419 g/mol. The summed E-state index contributed by atoms with van der Waals surface area (Å²) in [6.07, 6.45) is 2.94. The second kappa shape index (κ2) is 8.34. The van der Waals surface area contributed by atoms with Gasteiger partial charge < -0.3 is 4.57 Å². The molecule has 4 rings (SSSR count). The molecule has 2 aromatic heterocycles. The van der Waals surface area contributed by atoms with Crippen LogP contribution in [-0.4, -0.2) is 20.7 Å². The Bertz CT molecular complexity index is 1230. The van der Waals surface area contributed by atoms with Crippen molar-refractivity contribution in [3.63, 3.8) is 0 Å². The molecule has 7 nitrogen and oxygen atoms in total. The molecule has 0 saturated heterocycles. The lowest BCUT2D eigenvalue weighted by Crippen LogP contribution is -2.02. The van der Waals surface area contributed by atoms with Gasteiger partial charge in [0, 0.05) is 39.8 Å². The normalized spacial score (nSPS) is 11.3. The Hall–Kier alpha value is -3.71. The summed E-state index contributed by atoms with van der Waals surface area (Å²) in [6, 6.07) is 18.9. The highest BCUT2D eigenvalue weighted by molar-refractivity contribution is 6.30. The van der Waals surface area contributed by atoms with Gasteiger partial charge >= 0.3 is 0 Å². The second-order valence-corrected chi connectivity index (χ2v) is 7.19. The molecule has 0 atom stereocenters. The molecule has 4 aromatic rings. The number of hydrogen-bond donors (Lipinski definition) is 1. The number of hydrazone groups is 1. The summed E-state index contributed by atoms with van der Waals surface area (Å²) < 4.78 is 2.24. The van der Waals surface area contributed by atoms with Crippen molar-refractivity contribution < 1.29 is 4.92 Å². The van der Waals surface area contributed by atoms with Gasteiger partial charge in [-0.25, -0.2) is 4.98 Å². The van der Waals surface area contributed by atoms with E-state index in [1.807, 2.05) is 36.4 Å². The summed E-state index contributed by atoms with van der Waals surface area (Å²) >= 11 is 6.01. The Balaban J connectivity index is 1.62. The summed E-state index contributed by atoms with van der Waals surface area (Å²) in [6.45, 7) is 2.77. The van der Waals surface area contributed by atoms with E-state index < -0.39 is 4.92 Å². The molecule has 0 bridgehead atoms. The van der Waals surface area contributed by atoms with Gasteiger partial charge in [0.25, 0.3) is 5.69 Å². The van der Waals surface area contributed by atoms with E-state index >= 15 is 0 Å². The van der Waals surface area contributed by atoms with Crippen LogP contribution in [0.3, 0.4) is 0 Å². The third kappa shape index (κ3) is 4.01. The lowest BCUT2D eigenvalue weighted by Gasteiger charge is -2.09. The van der Waals surface area contributed by atoms with Gasteiger partial charge in [-0.05, 0) is 36.8 Å². The first-order chi connectivity index (χ1) is 14.5. The Morgan fingerprint density at radius 2 is 1.93 bits per heavy atom. The van der Waals surface area contributed by atoms with Crippen molar-refractivity contribution in [3.8, 4) is 0 Å². The van der Waals surface area contributed by atoms with Crippen molar-refractivity contribution in [1.29, 1.82) is 0 Å². The first-order valence-electron chi connectivity index (χ1n) is 9.25. The molecule has 150 valence electrons. The average Bonchev–Trinajstić information content (AvgIpc) is 3.01. The minimum Gasteiger partial charge on any atom is -0.340 e. The minimum absolute atomic E-state index is 0.0642. The second-order valence-electron chi connectivity index (χ2n) is 6.76. The fourth-order valence-electron chi connectivity index (χ4n) is 3.32. The number of rotatable bonds is 6. The SMILES string of the molecule is Cc1c(C=NNc2ccc([N+](=O)[O-])cn2)c2ccccc2n1Cc1ccc(Cl)cc1. The van der Waals surface area contributed by atoms with Gasteiger partial charge in [0.1, 0.15) is 12.0 Å². The number of para-hydroxylation sites is 1. The molecule has 8 heteroatoms. The minimum atomic E-state index is -0.487. The molecule has 0 saturated carbocycles. The first-order valence-corrected chi connectivity index (χ1v) is 9.62. The van der Waals surface area contributed by atoms with E-state index in [0.29, 0.717) is 17.4 Å². The maximum absolute atomic E-state index is 10.7. The maximum Gasteiger partial charge on any atom is 0.287 e. The van der Waals surface area contributed by atoms with Crippen LogP contribution in [0.25, 0.3) is 10.9 Å². The number of halogens is 1. The number of aromatic nitrogens is 2. The number of nitro groups is 1. The van der Waals surface area contributed by atoms with Crippen LogP contribution in [0.1, 0.15) is 16.8 Å². The topological polar surface area (TPSA) is 85.3 Å². The molecule has 2 aromatic carbocycles. The molecule has 0 spiro atoms. The van der Waals surface area contributed by atoms with Crippen LogP contribution in [0.5, 0.6) is 0 Å². The van der Waals surface area contributed by atoms with Crippen LogP contribution >= 0.6 is 11.6 Å². The highest BCUT2D eigenvalue weighted by Gasteiger charge is 2.13. The number of nitrogens with one attached hydrogen (secondary N) is 1. The van der Waals surface area contributed by atoms with Crippen molar-refractivity contribution in [2.45, 2.75) is 13.5 Å². The number of pyridine rings is 1. The fourth-order valence-corrected chi connectivity index (χ4v) is 3.45. The number of fused-ring (bicyclic) bond motifs is 1. The Kier molecular flexibility index (Phi) is 5.45. The van der Waals surface area contributed by atoms with Gasteiger partial charge in [-0.3, -0.25) is 15.5 Å². The zero-order chi connectivity index (χ0) is 21.1. The highest BCUT2D eigenvalue weighted by Crippen LogP contribution is 2.26. The van der Waals surface area contributed by atoms with Gasteiger partial charge in [0.2, 0.25) is 0 Å². The van der Waals surface area contributed by atoms with Crippen molar-refractivity contribution >= 4 is 40.2 Å². The molecule has 2 heterocycles. The molecule has 30 heavy (non-hydrogen) atoms. The molecular formula is C22H18ClN5O2. The van der Waals surface area contributed by atoms with Crippen LogP contribution < -0.4 is 5.43 Å². The van der Waals surface area contributed by atoms with E-state index in [1.165, 1.54) is 18.3 Å². The summed E-state index contributed by atoms with van der Waals surface area (Å²) in [5, 5.41) is 16.8. The lowest BCUT2D eigenvalue weighted by atomic mass is 10.1. The van der Waals surface area contributed by atoms with Gasteiger partial charge in [0.15, 0.2) is 0 Å². The number of nitrogens with zero attached hydrogens (tertiary/aromatic N) is 4. The lowest BCUT2D eigenvalue weighted by molar-refractivity contribution is -0.385. The van der Waals surface area contributed by atoms with E-state index in [0.717, 1.165) is 27.7 Å². The van der Waals surface area contributed by atoms with E-state index in [4.69, 9.17) is 11.6 Å². The number of benzene rings is 2. The van der Waals surface area contributed by atoms with Crippen LogP contribution in [0.15, 0.2) is 72.0 Å². The number of anilines is 1. The van der Waals surface area contributed by atoms with E-state index in [1.54, 1.807) is 6.21 Å². The largest absolute Gasteiger partial charge is 0.340 e. The van der Waals surface area contributed by atoms with Crippen LogP contribution in [0.2, 0.25) is 5.02 Å². The Morgan fingerprint density at radius 3 is 2.63 bits per heavy atom. The van der Waals surface area contributed by atoms with Gasteiger partial charge in [-0.15, -0.1) is 0 Å². The van der Waals surface area contributed by atoms with Gasteiger partial charge in [-0.2, -0.15) is 5.10 Å². The first kappa shape index (κ1) is 19.6. The van der Waals surface area contributed by atoms with Crippen molar-refractivity contribution in [3.05, 3.63) is 98.8 Å². The molecule has 0 aliphatic heterocycles. The maximum atomic E-state index is 10.7. The van der Waals surface area contributed by atoms with Crippen molar-refractivity contribution in [2.24, 2.45) is 5.10 Å². The van der Waals surface area contributed by atoms with E-state index in [-0.39, 0.29) is 5.69 Å². The Morgan fingerprint density at radius 1 is 1.17 bits per heavy atom. The summed E-state index contributed by atoms with van der Waals surface area (Å²) in [5.74, 6) is 0.430. The number of hydrogen-bond acceptors (Lipinski definition) is 5. The van der Waals surface area contributed by atoms with Gasteiger partial charge in [-0.1, -0.05) is 41.9 Å². The van der Waals surface area contributed by atoms with E-state index in [9.17, 15) is 10.1 Å². The third-order valence-electron chi connectivity index (χ3n) is 4.87. The van der Waals surface area contributed by atoms with Crippen LogP contribution in [-0.2, 0) is 6.54 Å². The Labute approximate surface area is 177 Å². The standard InChI is InChI=1S/C22H18ClN5O2/c1-15-20(13-25-26-22-11-10-18(12-24-22)28(29)30)19-4-2-3-5-21(19)27(15)14-16-6-8-17(23)9-7-16/h2-13H,14H2,1H3,(H,24,26). The molecule has 0 unspecified atom stereocenters. The molecule has 1 N–H and O–H groups in total. The molecule has 0 fully saturated rings.